The fourth-order valence-electron chi connectivity index (χ4n) is 7.01. The van der Waals surface area contributed by atoms with Crippen LogP contribution in [0, 0.1) is 18.3 Å². The molecule has 1 saturated carbocycles. The van der Waals surface area contributed by atoms with E-state index in [0.717, 1.165) is 83.3 Å². The molecule has 2 aliphatic rings. The summed E-state index contributed by atoms with van der Waals surface area (Å²) in [6.07, 6.45) is 5.63. The van der Waals surface area contributed by atoms with E-state index in [9.17, 15) is 4.79 Å². The molecule has 2 aromatic carbocycles. The maximum atomic E-state index is 14.3. The molecule has 2 fully saturated rings. The zero-order valence-electron chi connectivity index (χ0n) is 24.9. The minimum atomic E-state index is -0.492. The van der Waals surface area contributed by atoms with Crippen molar-refractivity contribution in [3.05, 3.63) is 81.6 Å². The zero-order valence-corrected chi connectivity index (χ0v) is 26.5. The second-order valence-electron chi connectivity index (χ2n) is 12.3. The van der Waals surface area contributed by atoms with Gasteiger partial charge >= 0.3 is 0 Å². The highest BCUT2D eigenvalue weighted by molar-refractivity contribution is 7.18. The highest BCUT2D eigenvalue weighted by Crippen LogP contribution is 2.52. The van der Waals surface area contributed by atoms with E-state index < -0.39 is 5.41 Å². The molecule has 3 aromatic heterocycles. The van der Waals surface area contributed by atoms with E-state index in [1.165, 1.54) is 28.8 Å². The lowest BCUT2D eigenvalue weighted by Gasteiger charge is -2.46. The third-order valence-corrected chi connectivity index (χ3v) is 10.6. The van der Waals surface area contributed by atoms with Crippen molar-refractivity contribution in [3.63, 3.8) is 0 Å². The van der Waals surface area contributed by atoms with Crippen molar-refractivity contribution in [3.8, 4) is 0 Å². The highest BCUT2D eigenvalue weighted by Gasteiger charge is 2.49. The first kappa shape index (κ1) is 29.1. The van der Waals surface area contributed by atoms with Gasteiger partial charge in [0, 0.05) is 52.7 Å². The molecule has 0 radical (unpaired) electrons. The van der Waals surface area contributed by atoms with Gasteiger partial charge in [-0.05, 0) is 78.4 Å². The minimum absolute atomic E-state index is 0.151. The molecule has 0 bridgehead atoms. The van der Waals surface area contributed by atoms with Crippen LogP contribution in [0.5, 0.6) is 0 Å². The largest absolute Gasteiger partial charge is 0.382 e. The number of nitrogen functional groups attached to an aromatic ring is 1. The number of ketones is 1. The number of hydrogen-bond acceptors (Lipinski definition) is 9. The molecular formula is C34H35ClN6O2S. The van der Waals surface area contributed by atoms with Crippen molar-refractivity contribution in [2.45, 2.75) is 39.7 Å². The number of nitrogens with zero attached hydrogens (tertiary/aromatic N) is 4. The third kappa shape index (κ3) is 5.32. The van der Waals surface area contributed by atoms with Crippen LogP contribution in [-0.2, 0) is 17.7 Å². The van der Waals surface area contributed by atoms with Gasteiger partial charge in [0.15, 0.2) is 5.78 Å². The molecule has 8 nitrogen and oxygen atoms in total. The van der Waals surface area contributed by atoms with Crippen LogP contribution in [0.25, 0.3) is 21.0 Å². The average Bonchev–Trinajstić information content (AvgIpc) is 3.45. The van der Waals surface area contributed by atoms with Gasteiger partial charge in [-0.3, -0.25) is 9.69 Å². The van der Waals surface area contributed by atoms with E-state index >= 15 is 0 Å². The number of carbonyl (C=O) groups is 1. The van der Waals surface area contributed by atoms with Gasteiger partial charge in [-0.25, -0.2) is 15.0 Å². The number of ether oxygens (including phenoxy) is 1. The number of fused-ring (bicyclic) bond motifs is 2. The number of nitrogens with one attached hydrogen (secondary N) is 1. The first-order chi connectivity index (χ1) is 21.3. The molecule has 1 saturated heterocycles. The summed E-state index contributed by atoms with van der Waals surface area (Å²) in [5.74, 6) is 1.83. The van der Waals surface area contributed by atoms with E-state index in [0.29, 0.717) is 29.2 Å². The Bertz CT molecular complexity index is 1880. The fraction of sp³-hybridized carbons (Fsp3) is 0.353. The number of thiophene rings is 1. The molecular weight excluding hydrogens is 592 g/mol. The molecule has 3 N–H and O–H groups in total. The van der Waals surface area contributed by atoms with Gasteiger partial charge in [-0.2, -0.15) is 0 Å². The van der Waals surface area contributed by atoms with E-state index in [-0.39, 0.29) is 5.78 Å². The molecule has 1 aliphatic heterocycles. The summed E-state index contributed by atoms with van der Waals surface area (Å²) in [6.45, 7) is 8.41. The number of hydrogen-bond donors (Lipinski definition) is 2. The molecule has 0 atom stereocenters. The van der Waals surface area contributed by atoms with Crippen LogP contribution >= 0.6 is 22.9 Å². The predicted octanol–water partition coefficient (Wildman–Crippen LogP) is 7.20. The Labute approximate surface area is 265 Å². The predicted molar refractivity (Wildman–Crippen MR) is 178 cm³/mol. The van der Waals surface area contributed by atoms with E-state index in [4.69, 9.17) is 27.1 Å². The number of aromatic nitrogens is 3. The lowest BCUT2D eigenvalue weighted by Crippen LogP contribution is -2.45. The molecule has 5 aromatic rings. The second kappa shape index (κ2) is 11.7. The lowest BCUT2D eigenvalue weighted by molar-refractivity contribution is 0.0342. The number of morpholine rings is 1. The van der Waals surface area contributed by atoms with Crippen LogP contribution in [0.3, 0.4) is 0 Å². The van der Waals surface area contributed by atoms with Gasteiger partial charge in [-0.1, -0.05) is 30.7 Å². The van der Waals surface area contributed by atoms with Gasteiger partial charge in [-0.15, -0.1) is 11.3 Å². The monoisotopic (exact) mass is 626 g/mol. The molecule has 0 spiro atoms. The number of carbonyl (C=O) groups excluding carboxylic acids is 1. The SMILES string of the molecule is Cc1ccc2c(Nc3ccc(Cl)c(CN4CCOCC4)c3)nccc2c1CC1(C(=O)c2csc3c(N)ncnc23)CC(C)C1. The van der Waals surface area contributed by atoms with Crippen LogP contribution < -0.4 is 11.1 Å². The maximum Gasteiger partial charge on any atom is 0.172 e. The van der Waals surface area contributed by atoms with Crippen molar-refractivity contribution >= 4 is 67.0 Å². The fourth-order valence-corrected chi connectivity index (χ4v) is 8.09. The van der Waals surface area contributed by atoms with Crippen LogP contribution in [0.1, 0.15) is 46.8 Å². The zero-order chi connectivity index (χ0) is 30.4. The Kier molecular flexibility index (Phi) is 7.74. The highest BCUT2D eigenvalue weighted by atomic mass is 35.5. The molecule has 10 heteroatoms. The number of pyridine rings is 1. The van der Waals surface area contributed by atoms with E-state index in [1.807, 2.05) is 23.7 Å². The van der Waals surface area contributed by atoms with Crippen molar-refractivity contribution in [2.75, 3.05) is 37.4 Å². The Morgan fingerprint density at radius 2 is 1.95 bits per heavy atom. The van der Waals surface area contributed by atoms with Gasteiger partial charge in [0.2, 0.25) is 0 Å². The van der Waals surface area contributed by atoms with Crippen molar-refractivity contribution in [1.29, 1.82) is 0 Å². The summed E-state index contributed by atoms with van der Waals surface area (Å²) in [5.41, 5.74) is 11.3. The smallest absolute Gasteiger partial charge is 0.172 e. The molecule has 0 amide bonds. The van der Waals surface area contributed by atoms with Gasteiger partial charge in [0.1, 0.15) is 18.0 Å². The second-order valence-corrected chi connectivity index (χ2v) is 13.6. The van der Waals surface area contributed by atoms with Crippen LogP contribution in [0.2, 0.25) is 5.02 Å². The van der Waals surface area contributed by atoms with Crippen molar-refractivity contribution in [1.82, 2.24) is 19.9 Å². The first-order valence-electron chi connectivity index (χ1n) is 15.1. The quantitative estimate of drug-likeness (QED) is 0.174. The first-order valence-corrected chi connectivity index (χ1v) is 16.3. The number of halogens is 1. The van der Waals surface area contributed by atoms with Crippen LogP contribution in [0.4, 0.5) is 17.3 Å². The molecule has 1 aliphatic carbocycles. The normalized spacial score (nSPS) is 20.6. The van der Waals surface area contributed by atoms with E-state index in [2.05, 4.69) is 58.3 Å². The number of benzene rings is 2. The molecule has 0 unspecified atom stereocenters. The topological polar surface area (TPSA) is 106 Å². The van der Waals surface area contributed by atoms with Gasteiger partial charge < -0.3 is 15.8 Å². The number of nitrogens with two attached hydrogens (primary N) is 1. The van der Waals surface area contributed by atoms with E-state index in [1.54, 1.807) is 0 Å². The van der Waals surface area contributed by atoms with Gasteiger partial charge in [0.05, 0.1) is 29.0 Å². The Morgan fingerprint density at radius 1 is 1.14 bits per heavy atom. The number of Topliss-reactive ketones (excluding diaryl/α,β-unsaturated/α-hetero) is 1. The summed E-state index contributed by atoms with van der Waals surface area (Å²) in [5, 5.41) is 8.35. The van der Waals surface area contributed by atoms with Crippen molar-refractivity contribution in [2.24, 2.45) is 11.3 Å². The number of rotatable bonds is 8. The summed E-state index contributed by atoms with van der Waals surface area (Å²) in [7, 11) is 0. The Morgan fingerprint density at radius 3 is 2.75 bits per heavy atom. The summed E-state index contributed by atoms with van der Waals surface area (Å²) in [6, 6.07) is 12.4. The summed E-state index contributed by atoms with van der Waals surface area (Å²) < 4.78 is 6.28. The molecule has 44 heavy (non-hydrogen) atoms. The average molecular weight is 627 g/mol. The minimum Gasteiger partial charge on any atom is -0.382 e. The number of aryl methyl sites for hydroxylation is 1. The molecule has 7 rings (SSSR count). The molecule has 4 heterocycles. The van der Waals surface area contributed by atoms with Crippen LogP contribution in [0.15, 0.2) is 54.3 Å². The standard InChI is InChI=1S/C34H35ClN6O2S/c1-20-14-34(15-20,31(42)27-18-44-30-29(27)38-19-39-32(30)36)16-26-21(2)3-5-25-24(26)7-8-37-33(25)40-23-4-6-28(35)22(13-23)17-41-9-11-43-12-10-41/h3-8,13,18-20H,9-12,14-17H2,1-2H3,(H,37,40)(H2,36,38,39). The van der Waals surface area contributed by atoms with Crippen molar-refractivity contribution < 1.29 is 9.53 Å². The Hall–Kier alpha value is -3.63. The third-order valence-electron chi connectivity index (χ3n) is 9.20. The van der Waals surface area contributed by atoms with Crippen LogP contribution in [-0.4, -0.2) is 51.9 Å². The molecule has 226 valence electrons. The summed E-state index contributed by atoms with van der Waals surface area (Å²) in [4.78, 5) is 30.0. The maximum absolute atomic E-state index is 14.3. The Balaban J connectivity index is 1.21. The summed E-state index contributed by atoms with van der Waals surface area (Å²) >= 11 is 8.05. The lowest BCUT2D eigenvalue weighted by atomic mass is 9.56. The van der Waals surface area contributed by atoms with Gasteiger partial charge in [0.25, 0.3) is 0 Å². The number of anilines is 3.